The second-order valence-electron chi connectivity index (χ2n) is 13.3. The van der Waals surface area contributed by atoms with Gasteiger partial charge in [-0.15, -0.1) is 0 Å². The highest BCUT2D eigenvalue weighted by molar-refractivity contribution is 6.13. The predicted octanol–water partition coefficient (Wildman–Crippen LogP) is 12.9. The van der Waals surface area contributed by atoms with Crippen molar-refractivity contribution in [2.24, 2.45) is 0 Å². The first-order valence-corrected chi connectivity index (χ1v) is 17.8. The van der Waals surface area contributed by atoms with Gasteiger partial charge in [0.15, 0.2) is 17.5 Å². The molecule has 248 valence electrons. The second kappa shape index (κ2) is 12.9. The van der Waals surface area contributed by atoms with Crippen molar-refractivity contribution in [2.75, 3.05) is 0 Å². The summed E-state index contributed by atoms with van der Waals surface area (Å²) in [6.45, 7) is 0. The number of hydrogen-bond acceptors (Lipinski definition) is 4. The van der Waals surface area contributed by atoms with Gasteiger partial charge in [0.2, 0.25) is 0 Å². The Balaban J connectivity index is 1.08. The van der Waals surface area contributed by atoms with E-state index in [1.54, 1.807) is 0 Å². The predicted molar refractivity (Wildman–Crippen MR) is 217 cm³/mol. The highest BCUT2D eigenvalue weighted by atomic mass is 16.3. The summed E-state index contributed by atoms with van der Waals surface area (Å²) < 4.78 is 6.48. The van der Waals surface area contributed by atoms with E-state index < -0.39 is 0 Å². The summed E-state index contributed by atoms with van der Waals surface area (Å²) in [5, 5.41) is 4.46. The molecule has 0 aliphatic heterocycles. The monoisotopic (exact) mass is 677 g/mol. The molecule has 4 nitrogen and oxygen atoms in total. The summed E-state index contributed by atoms with van der Waals surface area (Å²) in [5.74, 6) is 1.81. The van der Waals surface area contributed by atoms with Gasteiger partial charge in [0, 0.05) is 27.5 Å². The average molecular weight is 678 g/mol. The molecule has 0 N–H and O–H groups in total. The number of nitrogens with zero attached hydrogens (tertiary/aromatic N) is 3. The molecule has 0 unspecified atom stereocenters. The third kappa shape index (κ3) is 5.73. The van der Waals surface area contributed by atoms with Crippen molar-refractivity contribution in [1.82, 2.24) is 15.0 Å². The molecule has 0 saturated heterocycles. The number of furan rings is 1. The molecular formula is C49H31N3O. The first-order chi connectivity index (χ1) is 26.2. The fraction of sp³-hybridized carbons (Fsp3) is 0. The van der Waals surface area contributed by atoms with Gasteiger partial charge < -0.3 is 4.42 Å². The lowest BCUT2D eigenvalue weighted by Crippen LogP contribution is -2.00. The minimum absolute atomic E-state index is 0.587. The summed E-state index contributed by atoms with van der Waals surface area (Å²) in [6, 6.07) is 65.2. The van der Waals surface area contributed by atoms with Crippen molar-refractivity contribution in [3.8, 4) is 67.5 Å². The van der Waals surface area contributed by atoms with Crippen LogP contribution in [0.15, 0.2) is 192 Å². The van der Waals surface area contributed by atoms with Gasteiger partial charge in [-0.2, -0.15) is 0 Å². The molecule has 2 heterocycles. The fourth-order valence-electron chi connectivity index (χ4n) is 7.24. The van der Waals surface area contributed by atoms with Gasteiger partial charge in [-0.3, -0.25) is 0 Å². The molecular weight excluding hydrogens is 647 g/mol. The van der Waals surface area contributed by atoms with E-state index in [0.717, 1.165) is 66.3 Å². The first kappa shape index (κ1) is 30.6. The Bertz CT molecular complexity index is 2930. The molecule has 2 aromatic heterocycles. The summed E-state index contributed by atoms with van der Waals surface area (Å²) in [7, 11) is 0. The van der Waals surface area contributed by atoms with Crippen molar-refractivity contribution in [3.05, 3.63) is 188 Å². The van der Waals surface area contributed by atoms with Gasteiger partial charge in [-0.05, 0) is 74.5 Å². The Morgan fingerprint density at radius 1 is 0.302 bits per heavy atom. The normalized spacial score (nSPS) is 11.4. The van der Waals surface area contributed by atoms with E-state index >= 15 is 0 Å². The largest absolute Gasteiger partial charge is 0.456 e. The Labute approximate surface area is 306 Å². The zero-order chi connectivity index (χ0) is 35.1. The van der Waals surface area contributed by atoms with Gasteiger partial charge in [-0.25, -0.2) is 15.0 Å². The van der Waals surface area contributed by atoms with Gasteiger partial charge in [0.05, 0.1) is 0 Å². The van der Waals surface area contributed by atoms with Crippen LogP contribution in [0.2, 0.25) is 0 Å². The van der Waals surface area contributed by atoms with E-state index in [1.165, 1.54) is 16.5 Å². The molecule has 0 spiro atoms. The molecule has 53 heavy (non-hydrogen) atoms. The van der Waals surface area contributed by atoms with Crippen LogP contribution in [0.1, 0.15) is 0 Å². The van der Waals surface area contributed by atoms with Crippen LogP contribution in [-0.4, -0.2) is 15.0 Å². The molecule has 0 amide bonds. The van der Waals surface area contributed by atoms with Crippen LogP contribution >= 0.6 is 0 Å². The molecule has 0 bridgehead atoms. The van der Waals surface area contributed by atoms with Gasteiger partial charge in [-0.1, -0.05) is 158 Å². The molecule has 10 rings (SSSR count). The van der Waals surface area contributed by atoms with E-state index in [0.29, 0.717) is 17.5 Å². The topological polar surface area (TPSA) is 51.8 Å². The molecule has 0 aliphatic rings. The maximum Gasteiger partial charge on any atom is 0.164 e. The maximum atomic E-state index is 6.48. The number of benzene rings is 8. The minimum atomic E-state index is 0.587. The molecule has 0 radical (unpaired) electrons. The van der Waals surface area contributed by atoms with Crippen molar-refractivity contribution in [3.63, 3.8) is 0 Å². The van der Waals surface area contributed by atoms with Gasteiger partial charge in [0.25, 0.3) is 0 Å². The molecule has 0 atom stereocenters. The fourth-order valence-corrected chi connectivity index (χ4v) is 7.24. The van der Waals surface area contributed by atoms with Crippen LogP contribution in [0.4, 0.5) is 0 Å². The molecule has 0 saturated carbocycles. The lowest BCUT2D eigenvalue weighted by Gasteiger charge is -2.10. The van der Waals surface area contributed by atoms with Crippen molar-refractivity contribution >= 4 is 32.7 Å². The van der Waals surface area contributed by atoms with E-state index in [9.17, 15) is 0 Å². The summed E-state index contributed by atoms with van der Waals surface area (Å²) in [6.07, 6.45) is 0. The molecule has 8 aromatic carbocycles. The maximum absolute atomic E-state index is 6.48. The highest BCUT2D eigenvalue weighted by Crippen LogP contribution is 2.38. The molecule has 4 heteroatoms. The van der Waals surface area contributed by atoms with E-state index in [2.05, 4.69) is 164 Å². The lowest BCUT2D eigenvalue weighted by molar-refractivity contribution is 0.669. The SMILES string of the molecule is c1ccc(-c2cccc(-c3ccc(-c4nc(-c5ccc6ccccc6c5)nc(-c5ccc6c(c5)oc5cccc(-c7ccccc7)c56)n4)cc3)c2)cc1. The van der Waals surface area contributed by atoms with Crippen LogP contribution in [0.3, 0.4) is 0 Å². The quantitative estimate of drug-likeness (QED) is 0.176. The summed E-state index contributed by atoms with van der Waals surface area (Å²) in [5.41, 5.74) is 11.3. The Morgan fingerprint density at radius 3 is 1.57 bits per heavy atom. The highest BCUT2D eigenvalue weighted by Gasteiger charge is 2.17. The zero-order valence-electron chi connectivity index (χ0n) is 28.6. The zero-order valence-corrected chi connectivity index (χ0v) is 28.6. The third-order valence-electron chi connectivity index (χ3n) is 9.93. The minimum Gasteiger partial charge on any atom is -0.456 e. The Hall–Kier alpha value is -7.17. The van der Waals surface area contributed by atoms with Crippen LogP contribution in [0, 0.1) is 0 Å². The average Bonchev–Trinajstić information content (AvgIpc) is 3.62. The van der Waals surface area contributed by atoms with Crippen LogP contribution in [0.5, 0.6) is 0 Å². The summed E-state index contributed by atoms with van der Waals surface area (Å²) in [4.78, 5) is 15.2. The van der Waals surface area contributed by atoms with E-state index in [1.807, 2.05) is 24.3 Å². The van der Waals surface area contributed by atoms with E-state index in [4.69, 9.17) is 19.4 Å². The molecule has 0 aliphatic carbocycles. The smallest absolute Gasteiger partial charge is 0.164 e. The molecule has 10 aromatic rings. The number of hydrogen-bond donors (Lipinski definition) is 0. The van der Waals surface area contributed by atoms with Crippen molar-refractivity contribution in [1.29, 1.82) is 0 Å². The van der Waals surface area contributed by atoms with Crippen molar-refractivity contribution < 1.29 is 4.42 Å². The number of aromatic nitrogens is 3. The van der Waals surface area contributed by atoms with E-state index in [-0.39, 0.29) is 0 Å². The second-order valence-corrected chi connectivity index (χ2v) is 13.3. The van der Waals surface area contributed by atoms with Gasteiger partial charge >= 0.3 is 0 Å². The standard InChI is InChI=1S/C49H31N3O/c1-3-11-32(12-4-1)38-17-9-18-39(29-38)34-21-24-36(25-22-34)47-50-48(40-26-23-33-13-7-8-16-37(33)30-40)52-49(51-47)41-27-28-43-45(31-41)53-44-20-10-19-42(46(43)44)35-14-5-2-6-15-35/h1-31H. The van der Waals surface area contributed by atoms with Crippen LogP contribution in [0.25, 0.3) is 100 Å². The first-order valence-electron chi connectivity index (χ1n) is 17.8. The molecule has 0 fully saturated rings. The number of fused-ring (bicyclic) bond motifs is 4. The van der Waals surface area contributed by atoms with Crippen LogP contribution < -0.4 is 0 Å². The van der Waals surface area contributed by atoms with Gasteiger partial charge in [0.1, 0.15) is 11.2 Å². The Kier molecular flexibility index (Phi) is 7.43. The van der Waals surface area contributed by atoms with Crippen molar-refractivity contribution in [2.45, 2.75) is 0 Å². The third-order valence-corrected chi connectivity index (χ3v) is 9.93. The number of rotatable bonds is 6. The van der Waals surface area contributed by atoms with Crippen LogP contribution in [-0.2, 0) is 0 Å². The summed E-state index contributed by atoms with van der Waals surface area (Å²) >= 11 is 0. The lowest BCUT2D eigenvalue weighted by atomic mass is 9.98. The Morgan fingerprint density at radius 2 is 0.830 bits per heavy atom.